The lowest BCUT2D eigenvalue weighted by atomic mass is 10.1. The molecule has 1 heterocycles. The summed E-state index contributed by atoms with van der Waals surface area (Å²) >= 11 is 0. The van der Waals surface area contributed by atoms with E-state index in [2.05, 4.69) is 4.98 Å². The Kier molecular flexibility index (Phi) is 3.01. The minimum atomic E-state index is 0.470. The Bertz CT molecular complexity index is 533. The van der Waals surface area contributed by atoms with E-state index in [-0.39, 0.29) is 0 Å². The van der Waals surface area contributed by atoms with Crippen molar-refractivity contribution in [3.05, 3.63) is 35.7 Å². The number of aryl methyl sites for hydroxylation is 1. The summed E-state index contributed by atoms with van der Waals surface area (Å²) in [4.78, 5) is 4.35. The van der Waals surface area contributed by atoms with Crippen molar-refractivity contribution < 1.29 is 4.74 Å². The maximum atomic E-state index is 5.90. The van der Waals surface area contributed by atoms with Gasteiger partial charge >= 0.3 is 0 Å². The van der Waals surface area contributed by atoms with Gasteiger partial charge in [0.25, 0.3) is 0 Å². The molecule has 4 N–H and O–H groups in total. The van der Waals surface area contributed by atoms with Crippen LogP contribution in [0.1, 0.15) is 11.4 Å². The van der Waals surface area contributed by atoms with E-state index in [1.54, 1.807) is 7.11 Å². The lowest BCUT2D eigenvalue weighted by molar-refractivity contribution is 0.185. The number of methoxy groups -OCH3 is 1. The highest BCUT2D eigenvalue weighted by Crippen LogP contribution is 2.25. The van der Waals surface area contributed by atoms with Crippen molar-refractivity contribution in [2.24, 2.45) is 0 Å². The SMILES string of the molecule is COCc1cccc(-c2nc(C)n(N)c2N)c1. The minimum absolute atomic E-state index is 0.470. The largest absolute Gasteiger partial charge is 0.382 e. The first kappa shape index (κ1) is 11.5. The van der Waals surface area contributed by atoms with Crippen LogP contribution in [0.5, 0.6) is 0 Å². The Morgan fingerprint density at radius 2 is 2.18 bits per heavy atom. The molecule has 0 radical (unpaired) electrons. The van der Waals surface area contributed by atoms with Crippen molar-refractivity contribution in [2.45, 2.75) is 13.5 Å². The third-order valence-corrected chi connectivity index (χ3v) is 2.64. The van der Waals surface area contributed by atoms with Gasteiger partial charge in [-0.3, -0.25) is 0 Å². The third-order valence-electron chi connectivity index (χ3n) is 2.64. The quantitative estimate of drug-likeness (QED) is 0.782. The zero-order valence-electron chi connectivity index (χ0n) is 9.97. The van der Waals surface area contributed by atoms with Crippen molar-refractivity contribution in [2.75, 3.05) is 18.7 Å². The highest BCUT2D eigenvalue weighted by molar-refractivity contribution is 5.71. The van der Waals surface area contributed by atoms with Crippen LogP contribution < -0.4 is 11.6 Å². The van der Waals surface area contributed by atoms with Crippen LogP contribution >= 0.6 is 0 Å². The number of benzene rings is 1. The number of rotatable bonds is 3. The first-order valence-corrected chi connectivity index (χ1v) is 5.31. The summed E-state index contributed by atoms with van der Waals surface area (Å²) < 4.78 is 6.48. The first-order chi connectivity index (χ1) is 8.13. The molecule has 0 atom stereocenters. The zero-order chi connectivity index (χ0) is 12.4. The van der Waals surface area contributed by atoms with Gasteiger partial charge in [0.15, 0.2) is 5.82 Å². The molecule has 0 aliphatic rings. The van der Waals surface area contributed by atoms with Gasteiger partial charge in [0, 0.05) is 12.7 Å². The van der Waals surface area contributed by atoms with E-state index >= 15 is 0 Å². The topological polar surface area (TPSA) is 79.1 Å². The Hall–Kier alpha value is -2.01. The molecule has 0 fully saturated rings. The monoisotopic (exact) mass is 232 g/mol. The molecule has 1 aromatic heterocycles. The molecule has 0 bridgehead atoms. The predicted octanol–water partition coefficient (Wildman–Crippen LogP) is 1.30. The molecule has 0 spiro atoms. The van der Waals surface area contributed by atoms with Gasteiger partial charge < -0.3 is 16.3 Å². The highest BCUT2D eigenvalue weighted by atomic mass is 16.5. The lowest BCUT2D eigenvalue weighted by Crippen LogP contribution is -2.13. The van der Waals surface area contributed by atoms with E-state index in [1.807, 2.05) is 31.2 Å². The Morgan fingerprint density at radius 3 is 2.76 bits per heavy atom. The van der Waals surface area contributed by atoms with E-state index in [0.29, 0.717) is 23.9 Å². The van der Waals surface area contributed by atoms with E-state index in [1.165, 1.54) is 4.68 Å². The Balaban J connectivity index is 2.45. The molecular formula is C12H16N4O. The molecular weight excluding hydrogens is 216 g/mol. The van der Waals surface area contributed by atoms with Gasteiger partial charge in [-0.1, -0.05) is 18.2 Å². The van der Waals surface area contributed by atoms with Gasteiger partial charge in [0.1, 0.15) is 11.5 Å². The summed E-state index contributed by atoms with van der Waals surface area (Å²) in [6.07, 6.45) is 0. The fraction of sp³-hybridized carbons (Fsp3) is 0.250. The third kappa shape index (κ3) is 2.09. The van der Waals surface area contributed by atoms with Crippen LogP contribution in [-0.2, 0) is 11.3 Å². The molecule has 0 saturated carbocycles. The summed E-state index contributed by atoms with van der Waals surface area (Å²) in [7, 11) is 1.67. The predicted molar refractivity (Wildman–Crippen MR) is 67.7 cm³/mol. The summed E-state index contributed by atoms with van der Waals surface area (Å²) in [6.45, 7) is 2.38. The second kappa shape index (κ2) is 4.47. The number of imidazole rings is 1. The van der Waals surface area contributed by atoms with Gasteiger partial charge in [-0.15, -0.1) is 0 Å². The highest BCUT2D eigenvalue weighted by Gasteiger charge is 2.11. The van der Waals surface area contributed by atoms with Crippen molar-refractivity contribution >= 4 is 5.82 Å². The molecule has 90 valence electrons. The number of nitrogen functional groups attached to an aromatic ring is 2. The van der Waals surface area contributed by atoms with Crippen LogP contribution in [0.4, 0.5) is 5.82 Å². The van der Waals surface area contributed by atoms with Crippen molar-refractivity contribution in [3.8, 4) is 11.3 Å². The van der Waals surface area contributed by atoms with Gasteiger partial charge in [-0.25, -0.2) is 9.66 Å². The molecule has 2 rings (SSSR count). The molecule has 17 heavy (non-hydrogen) atoms. The number of hydrogen-bond donors (Lipinski definition) is 2. The molecule has 2 aromatic rings. The fourth-order valence-electron chi connectivity index (χ4n) is 1.75. The van der Waals surface area contributed by atoms with E-state index < -0.39 is 0 Å². The number of hydrogen-bond acceptors (Lipinski definition) is 4. The van der Waals surface area contributed by atoms with Crippen LogP contribution in [0, 0.1) is 6.92 Å². The standard InChI is InChI=1S/C12H16N4O/c1-8-15-11(12(13)16(8)14)10-5-3-4-9(6-10)7-17-2/h3-6H,7,13-14H2,1-2H3. The van der Waals surface area contributed by atoms with Crippen LogP contribution in [0.3, 0.4) is 0 Å². The molecule has 1 aromatic carbocycles. The average molecular weight is 232 g/mol. The second-order valence-electron chi connectivity index (χ2n) is 3.90. The summed E-state index contributed by atoms with van der Waals surface area (Å²) in [5.41, 5.74) is 8.64. The Morgan fingerprint density at radius 1 is 1.41 bits per heavy atom. The number of ether oxygens (including phenoxy) is 1. The zero-order valence-corrected chi connectivity index (χ0v) is 9.97. The summed E-state index contributed by atoms with van der Waals surface area (Å²) in [5.74, 6) is 6.90. The Labute approximate surface area is 100.0 Å². The molecule has 5 nitrogen and oxygen atoms in total. The molecule has 0 aliphatic carbocycles. The molecule has 0 saturated heterocycles. The molecule has 0 unspecified atom stereocenters. The number of nitrogens with two attached hydrogens (primary N) is 2. The lowest BCUT2D eigenvalue weighted by Gasteiger charge is -2.03. The number of anilines is 1. The van der Waals surface area contributed by atoms with Gasteiger partial charge in [-0.2, -0.15) is 0 Å². The van der Waals surface area contributed by atoms with Gasteiger partial charge in [0.05, 0.1) is 6.61 Å². The van der Waals surface area contributed by atoms with Crippen LogP contribution in [0.25, 0.3) is 11.3 Å². The maximum absolute atomic E-state index is 5.90. The number of nitrogens with zero attached hydrogens (tertiary/aromatic N) is 2. The first-order valence-electron chi connectivity index (χ1n) is 5.31. The van der Waals surface area contributed by atoms with Crippen LogP contribution in [0.2, 0.25) is 0 Å². The van der Waals surface area contributed by atoms with Crippen LogP contribution in [-0.4, -0.2) is 16.8 Å². The van der Waals surface area contributed by atoms with Gasteiger partial charge in [0.2, 0.25) is 0 Å². The minimum Gasteiger partial charge on any atom is -0.382 e. The van der Waals surface area contributed by atoms with E-state index in [9.17, 15) is 0 Å². The van der Waals surface area contributed by atoms with Gasteiger partial charge in [-0.05, 0) is 18.6 Å². The molecule has 5 heteroatoms. The average Bonchev–Trinajstić information content (AvgIpc) is 2.58. The van der Waals surface area contributed by atoms with Crippen molar-refractivity contribution in [1.82, 2.24) is 9.66 Å². The molecule has 0 amide bonds. The van der Waals surface area contributed by atoms with Crippen molar-refractivity contribution in [3.63, 3.8) is 0 Å². The second-order valence-corrected chi connectivity index (χ2v) is 3.90. The van der Waals surface area contributed by atoms with Crippen molar-refractivity contribution in [1.29, 1.82) is 0 Å². The van der Waals surface area contributed by atoms with Crippen LogP contribution in [0.15, 0.2) is 24.3 Å². The smallest absolute Gasteiger partial charge is 0.150 e. The number of aromatic nitrogens is 2. The van der Waals surface area contributed by atoms with E-state index in [0.717, 1.165) is 11.1 Å². The molecule has 0 aliphatic heterocycles. The fourth-order valence-corrected chi connectivity index (χ4v) is 1.75. The van der Waals surface area contributed by atoms with E-state index in [4.69, 9.17) is 16.3 Å². The summed E-state index contributed by atoms with van der Waals surface area (Å²) in [6, 6.07) is 7.91. The summed E-state index contributed by atoms with van der Waals surface area (Å²) in [5, 5.41) is 0. The normalized spacial score (nSPS) is 10.7. The maximum Gasteiger partial charge on any atom is 0.150 e.